The summed E-state index contributed by atoms with van der Waals surface area (Å²) in [6.07, 6.45) is -0.824. The Kier molecular flexibility index (Phi) is 9.45. The molecular weight excluding hydrogens is 645 g/mol. The van der Waals surface area contributed by atoms with Crippen molar-refractivity contribution in [2.75, 3.05) is 17.8 Å². The minimum atomic E-state index is -4.76. The van der Waals surface area contributed by atoms with Crippen LogP contribution in [-0.2, 0) is 4.79 Å². The van der Waals surface area contributed by atoms with Gasteiger partial charge in [-0.3, -0.25) is 9.69 Å². The lowest BCUT2D eigenvalue weighted by atomic mass is 9.96. The molecule has 2 aliphatic rings. The highest BCUT2D eigenvalue weighted by molar-refractivity contribution is 8.15. The number of halogens is 3. The van der Waals surface area contributed by atoms with Gasteiger partial charge >= 0.3 is 12.4 Å². The average Bonchev–Trinajstić information content (AvgIpc) is 3.81. The number of thioether (sulfide) groups is 1. The molecule has 2 fully saturated rings. The molecule has 1 aliphatic carbocycles. The molecule has 2 atom stereocenters. The number of aromatic nitrogens is 3. The molecule has 14 heteroatoms. The second kappa shape index (κ2) is 13.7. The minimum Gasteiger partial charge on any atom is -0.497 e. The van der Waals surface area contributed by atoms with Gasteiger partial charge in [0.25, 0.3) is 0 Å². The van der Waals surface area contributed by atoms with Crippen LogP contribution < -0.4 is 19.7 Å². The number of methoxy groups -OCH3 is 1. The smallest absolute Gasteiger partial charge is 0.497 e. The first-order valence-electron chi connectivity index (χ1n) is 15.4. The summed E-state index contributed by atoms with van der Waals surface area (Å²) in [5, 5.41) is 7.85. The Bertz CT molecular complexity index is 1830. The van der Waals surface area contributed by atoms with E-state index in [1.54, 1.807) is 13.2 Å². The van der Waals surface area contributed by atoms with Crippen molar-refractivity contribution in [1.29, 1.82) is 0 Å². The highest BCUT2D eigenvalue weighted by Gasteiger charge is 2.34. The highest BCUT2D eigenvalue weighted by Crippen LogP contribution is 2.37. The molecule has 1 N–H and O–H groups in total. The van der Waals surface area contributed by atoms with Gasteiger partial charge in [0.15, 0.2) is 11.0 Å². The zero-order chi connectivity index (χ0) is 34.0. The highest BCUT2D eigenvalue weighted by atomic mass is 32.2. The molecule has 2 unspecified atom stereocenters. The van der Waals surface area contributed by atoms with Gasteiger partial charge in [-0.2, -0.15) is 4.99 Å². The maximum atomic E-state index is 13.1. The van der Waals surface area contributed by atoms with Crippen molar-refractivity contribution < 1.29 is 32.2 Å². The number of nitrogens with zero attached hydrogens (tertiary/aromatic N) is 5. The fourth-order valence-electron chi connectivity index (χ4n) is 5.95. The van der Waals surface area contributed by atoms with E-state index in [1.807, 2.05) is 50.2 Å². The summed E-state index contributed by atoms with van der Waals surface area (Å²) in [6.45, 7) is 4.09. The van der Waals surface area contributed by atoms with Crippen LogP contribution >= 0.6 is 11.8 Å². The maximum Gasteiger partial charge on any atom is 0.573 e. The van der Waals surface area contributed by atoms with E-state index in [0.717, 1.165) is 36.0 Å². The molecular formula is C34H33F3N6O4S. The number of ether oxygens (including phenoxy) is 2. The monoisotopic (exact) mass is 678 g/mol. The first-order chi connectivity index (χ1) is 23.0. The van der Waals surface area contributed by atoms with E-state index in [4.69, 9.17) is 4.74 Å². The normalized spacial score (nSPS) is 18.9. The molecule has 6 rings (SSSR count). The van der Waals surface area contributed by atoms with Gasteiger partial charge in [-0.1, -0.05) is 55.9 Å². The molecule has 4 aromatic rings. The molecule has 1 saturated carbocycles. The van der Waals surface area contributed by atoms with Crippen molar-refractivity contribution in [3.8, 4) is 28.6 Å². The number of rotatable bonds is 8. The summed E-state index contributed by atoms with van der Waals surface area (Å²) in [4.78, 5) is 36.2. The van der Waals surface area contributed by atoms with Gasteiger partial charge in [-0.15, -0.1) is 18.3 Å². The number of hydrogen-bond donors (Lipinski definition) is 1. The summed E-state index contributed by atoms with van der Waals surface area (Å²) in [6, 6.07) is 18.3. The SMILES string of the molecule is COc1ccc(C(C)C)c(N2C(=O)CSC2=NC(=O)NC2CCC(c3ccc(-c4ncn(-c5ccc(OC(F)(F)F)cc5)n4)cc3)C2)c1. The number of carbonyl (C=O) groups excluding carboxylic acids is 2. The second-order valence-electron chi connectivity index (χ2n) is 11.8. The number of carbonyl (C=O) groups is 2. The Balaban J connectivity index is 1.07. The third-order valence-electron chi connectivity index (χ3n) is 8.29. The quantitative estimate of drug-likeness (QED) is 0.206. The van der Waals surface area contributed by atoms with Gasteiger partial charge in [0.1, 0.15) is 17.8 Å². The lowest BCUT2D eigenvalue weighted by Gasteiger charge is -2.22. The predicted octanol–water partition coefficient (Wildman–Crippen LogP) is 7.45. The maximum absolute atomic E-state index is 13.1. The van der Waals surface area contributed by atoms with Crippen molar-refractivity contribution in [2.45, 2.75) is 57.3 Å². The summed E-state index contributed by atoms with van der Waals surface area (Å²) >= 11 is 1.24. The van der Waals surface area contributed by atoms with Gasteiger partial charge in [-0.25, -0.2) is 14.5 Å². The molecule has 3 amide bonds. The molecule has 0 bridgehead atoms. The van der Waals surface area contributed by atoms with Crippen LogP contribution in [0.3, 0.4) is 0 Å². The average molecular weight is 679 g/mol. The standard InChI is InChI=1S/C34H33F3N6O4S/c1-20(2)28-15-14-27(46-3)17-29(28)43-30(44)18-48-33(43)40-32(45)39-24-9-8-23(16-24)21-4-6-22(7-5-21)31-38-19-42(41-31)25-10-12-26(13-11-25)47-34(35,36)37/h4-7,10-15,17,19-20,23-24H,8-9,16,18H2,1-3H3,(H,39,45). The van der Waals surface area contributed by atoms with Crippen molar-refractivity contribution in [1.82, 2.24) is 20.1 Å². The van der Waals surface area contributed by atoms with Gasteiger partial charge in [0.2, 0.25) is 5.91 Å². The zero-order valence-electron chi connectivity index (χ0n) is 26.4. The van der Waals surface area contributed by atoms with E-state index in [-0.39, 0.29) is 35.3 Å². The molecule has 0 spiro atoms. The number of urea groups is 1. The fraction of sp³-hybridized carbons (Fsp3) is 0.324. The molecule has 250 valence electrons. The number of aliphatic imine (C=N–C) groups is 1. The Morgan fingerprint density at radius 1 is 1.04 bits per heavy atom. The molecule has 3 aromatic carbocycles. The Hall–Kier alpha value is -4.85. The number of amidine groups is 1. The zero-order valence-corrected chi connectivity index (χ0v) is 27.2. The summed E-state index contributed by atoms with van der Waals surface area (Å²) in [7, 11) is 1.57. The molecule has 2 heterocycles. The molecule has 48 heavy (non-hydrogen) atoms. The van der Waals surface area contributed by atoms with Gasteiger partial charge in [0, 0.05) is 17.7 Å². The Labute approximate surface area is 279 Å². The molecule has 0 radical (unpaired) electrons. The van der Waals surface area contributed by atoms with Gasteiger partial charge < -0.3 is 14.8 Å². The van der Waals surface area contributed by atoms with Crippen molar-refractivity contribution in [3.05, 3.63) is 84.2 Å². The first kappa shape index (κ1) is 33.1. The van der Waals surface area contributed by atoms with E-state index in [9.17, 15) is 22.8 Å². The predicted molar refractivity (Wildman–Crippen MR) is 177 cm³/mol. The molecule has 10 nitrogen and oxygen atoms in total. The lowest BCUT2D eigenvalue weighted by Crippen LogP contribution is -2.34. The van der Waals surface area contributed by atoms with Crippen LogP contribution in [0.15, 0.2) is 78.0 Å². The fourth-order valence-corrected chi connectivity index (χ4v) is 6.81. The molecule has 1 saturated heterocycles. The van der Waals surface area contributed by atoms with E-state index in [0.29, 0.717) is 28.1 Å². The summed E-state index contributed by atoms with van der Waals surface area (Å²) in [5.74, 6) is 1.22. The number of nitrogens with one attached hydrogen (secondary N) is 1. The number of alkyl halides is 3. The van der Waals surface area contributed by atoms with E-state index in [1.165, 1.54) is 51.9 Å². The topological polar surface area (TPSA) is 111 Å². The van der Waals surface area contributed by atoms with Crippen LogP contribution in [0.4, 0.5) is 23.7 Å². The van der Waals surface area contributed by atoms with Crippen molar-refractivity contribution in [3.63, 3.8) is 0 Å². The molecule has 1 aliphatic heterocycles. The largest absolute Gasteiger partial charge is 0.573 e. The lowest BCUT2D eigenvalue weighted by molar-refractivity contribution is -0.274. The van der Waals surface area contributed by atoms with Crippen LogP contribution in [0.1, 0.15) is 56.1 Å². The van der Waals surface area contributed by atoms with Gasteiger partial charge in [0.05, 0.1) is 24.2 Å². The number of benzene rings is 3. The number of anilines is 1. The van der Waals surface area contributed by atoms with Crippen LogP contribution in [0, 0.1) is 0 Å². The Morgan fingerprint density at radius 2 is 1.77 bits per heavy atom. The van der Waals surface area contributed by atoms with Crippen LogP contribution in [0.2, 0.25) is 0 Å². The summed E-state index contributed by atoms with van der Waals surface area (Å²) in [5.41, 5.74) is 4.09. The van der Waals surface area contributed by atoms with Crippen molar-refractivity contribution >= 4 is 34.6 Å². The van der Waals surface area contributed by atoms with Crippen LogP contribution in [0.5, 0.6) is 11.5 Å². The van der Waals surface area contributed by atoms with Crippen LogP contribution in [0.25, 0.3) is 17.1 Å². The number of hydrogen-bond acceptors (Lipinski definition) is 7. The number of amides is 3. The van der Waals surface area contributed by atoms with E-state index >= 15 is 0 Å². The summed E-state index contributed by atoms with van der Waals surface area (Å²) < 4.78 is 48.2. The Morgan fingerprint density at radius 3 is 2.46 bits per heavy atom. The molecule has 1 aromatic heterocycles. The van der Waals surface area contributed by atoms with Gasteiger partial charge in [-0.05, 0) is 72.6 Å². The van der Waals surface area contributed by atoms with Crippen molar-refractivity contribution in [2.24, 2.45) is 4.99 Å². The second-order valence-corrected chi connectivity index (χ2v) is 12.8. The third-order valence-corrected chi connectivity index (χ3v) is 9.21. The van der Waals surface area contributed by atoms with E-state index < -0.39 is 12.4 Å². The minimum absolute atomic E-state index is 0.0598. The first-order valence-corrected chi connectivity index (χ1v) is 16.4. The van der Waals surface area contributed by atoms with E-state index in [2.05, 4.69) is 25.1 Å². The third kappa shape index (κ3) is 7.48. The van der Waals surface area contributed by atoms with Crippen LogP contribution in [-0.4, -0.2) is 57.1 Å².